The van der Waals surface area contributed by atoms with E-state index in [4.69, 9.17) is 9.47 Å². The number of ether oxygens (including phenoxy) is 2. The number of benzene rings is 1. The molecule has 1 fully saturated rings. The van der Waals surface area contributed by atoms with Gasteiger partial charge in [0.05, 0.1) is 18.7 Å². The average Bonchev–Trinajstić information content (AvgIpc) is 2.42. The van der Waals surface area contributed by atoms with Crippen molar-refractivity contribution in [3.63, 3.8) is 0 Å². The molecule has 3 rings (SSSR count). The van der Waals surface area contributed by atoms with Gasteiger partial charge in [-0.05, 0) is 24.6 Å². The molecule has 1 N–H and O–H groups in total. The summed E-state index contributed by atoms with van der Waals surface area (Å²) in [6.07, 6.45) is 0.665. The maximum atomic E-state index is 12.2. The number of hydrogen-bond donors (Lipinski definition) is 1. The Bertz CT molecular complexity index is 508. The summed E-state index contributed by atoms with van der Waals surface area (Å²) in [6.45, 7) is 3.76. The molecule has 1 aromatic rings. The lowest BCUT2D eigenvalue weighted by Gasteiger charge is -2.46. The summed E-state index contributed by atoms with van der Waals surface area (Å²) in [4.78, 5) is 13.9. The van der Waals surface area contributed by atoms with Gasteiger partial charge in [0.2, 0.25) is 0 Å². The Morgan fingerprint density at radius 1 is 1.32 bits per heavy atom. The zero-order chi connectivity index (χ0) is 13.5. The molecule has 5 heteroatoms. The van der Waals surface area contributed by atoms with E-state index in [1.54, 1.807) is 23.1 Å². The highest BCUT2D eigenvalue weighted by molar-refractivity contribution is 5.95. The van der Waals surface area contributed by atoms with Gasteiger partial charge in [0.25, 0.3) is 5.91 Å². The molecule has 0 aromatic heterocycles. The second-order valence-electron chi connectivity index (χ2n) is 5.10. The summed E-state index contributed by atoms with van der Waals surface area (Å²) in [5.74, 6) is 1.22. The SMILES string of the molecule is CCC1(O)CN(C(=O)c2ccc3c(c2)OCCO3)C1. The van der Waals surface area contributed by atoms with Crippen LogP contribution in [0.5, 0.6) is 11.5 Å². The summed E-state index contributed by atoms with van der Waals surface area (Å²) in [6, 6.07) is 5.20. The van der Waals surface area contributed by atoms with Gasteiger partial charge < -0.3 is 19.5 Å². The van der Waals surface area contributed by atoms with Gasteiger partial charge in [0.1, 0.15) is 13.2 Å². The van der Waals surface area contributed by atoms with Crippen molar-refractivity contribution < 1.29 is 19.4 Å². The van der Waals surface area contributed by atoms with Crippen LogP contribution >= 0.6 is 0 Å². The molecule has 2 heterocycles. The summed E-state index contributed by atoms with van der Waals surface area (Å²) in [5, 5.41) is 9.94. The molecular formula is C14H17NO4. The van der Waals surface area contributed by atoms with Crippen LogP contribution in [0.4, 0.5) is 0 Å². The monoisotopic (exact) mass is 263 g/mol. The predicted octanol–water partition coefficient (Wildman–Crippen LogP) is 1.05. The lowest BCUT2D eigenvalue weighted by Crippen LogP contribution is -2.63. The third-order valence-corrected chi connectivity index (χ3v) is 3.70. The smallest absolute Gasteiger partial charge is 0.254 e. The van der Waals surface area contributed by atoms with E-state index >= 15 is 0 Å². The van der Waals surface area contributed by atoms with Gasteiger partial charge in [-0.2, -0.15) is 0 Å². The molecule has 0 aliphatic carbocycles. The van der Waals surface area contributed by atoms with Crippen LogP contribution in [0.3, 0.4) is 0 Å². The first-order valence-corrected chi connectivity index (χ1v) is 6.53. The van der Waals surface area contributed by atoms with Gasteiger partial charge in [-0.15, -0.1) is 0 Å². The molecule has 5 nitrogen and oxygen atoms in total. The standard InChI is InChI=1S/C14H17NO4/c1-2-14(17)8-15(9-14)13(16)10-3-4-11-12(7-10)19-6-5-18-11/h3-4,7,17H,2,5-6,8-9H2,1H3. The van der Waals surface area contributed by atoms with Crippen LogP contribution in [0, 0.1) is 0 Å². The molecule has 0 saturated carbocycles. The number of nitrogens with zero attached hydrogens (tertiary/aromatic N) is 1. The molecule has 0 spiro atoms. The van der Waals surface area contributed by atoms with Crippen molar-refractivity contribution in [2.24, 2.45) is 0 Å². The van der Waals surface area contributed by atoms with E-state index in [-0.39, 0.29) is 5.91 Å². The average molecular weight is 263 g/mol. The first-order valence-electron chi connectivity index (χ1n) is 6.53. The second kappa shape index (κ2) is 4.42. The Morgan fingerprint density at radius 3 is 2.68 bits per heavy atom. The van der Waals surface area contributed by atoms with Crippen LogP contribution in [-0.4, -0.2) is 47.8 Å². The minimum absolute atomic E-state index is 0.0740. The number of carbonyl (C=O) groups is 1. The largest absolute Gasteiger partial charge is 0.486 e. The molecule has 0 bridgehead atoms. The fraction of sp³-hybridized carbons (Fsp3) is 0.500. The molecule has 0 atom stereocenters. The lowest BCUT2D eigenvalue weighted by atomic mass is 9.90. The van der Waals surface area contributed by atoms with E-state index in [2.05, 4.69) is 0 Å². The first-order chi connectivity index (χ1) is 9.11. The molecule has 1 aromatic carbocycles. The number of β-amino-alcohol motifs (C(OH)–C–C–N with tert-alkyl or cyclic N) is 1. The van der Waals surface area contributed by atoms with Gasteiger partial charge >= 0.3 is 0 Å². The molecule has 19 heavy (non-hydrogen) atoms. The summed E-state index contributed by atoms with van der Waals surface area (Å²) >= 11 is 0. The third kappa shape index (κ3) is 2.14. The Balaban J connectivity index is 1.74. The zero-order valence-corrected chi connectivity index (χ0v) is 10.9. The van der Waals surface area contributed by atoms with E-state index in [1.165, 1.54) is 0 Å². The van der Waals surface area contributed by atoms with Crippen molar-refractivity contribution >= 4 is 5.91 Å². The molecule has 0 unspecified atom stereocenters. The van der Waals surface area contributed by atoms with Crippen molar-refractivity contribution in [1.29, 1.82) is 0 Å². The fourth-order valence-electron chi connectivity index (χ4n) is 2.39. The normalized spacial score (nSPS) is 19.8. The van der Waals surface area contributed by atoms with Crippen LogP contribution in [0.25, 0.3) is 0 Å². The van der Waals surface area contributed by atoms with Crippen LogP contribution in [0.15, 0.2) is 18.2 Å². The number of hydrogen-bond acceptors (Lipinski definition) is 4. The fourth-order valence-corrected chi connectivity index (χ4v) is 2.39. The van der Waals surface area contributed by atoms with E-state index in [0.717, 1.165) is 0 Å². The Kier molecular flexibility index (Phi) is 2.86. The van der Waals surface area contributed by atoms with Crippen molar-refractivity contribution in [3.05, 3.63) is 23.8 Å². The Hall–Kier alpha value is -1.75. The Morgan fingerprint density at radius 2 is 2.00 bits per heavy atom. The Labute approximate surface area is 111 Å². The number of rotatable bonds is 2. The minimum Gasteiger partial charge on any atom is -0.486 e. The summed E-state index contributed by atoms with van der Waals surface area (Å²) in [5.41, 5.74) is -0.133. The topological polar surface area (TPSA) is 59.0 Å². The number of amides is 1. The van der Waals surface area contributed by atoms with Crippen molar-refractivity contribution in [3.8, 4) is 11.5 Å². The molecule has 2 aliphatic heterocycles. The summed E-state index contributed by atoms with van der Waals surface area (Å²) < 4.78 is 10.9. The van der Waals surface area contributed by atoms with Gasteiger partial charge in [-0.25, -0.2) is 0 Å². The van der Waals surface area contributed by atoms with Gasteiger partial charge in [-0.3, -0.25) is 4.79 Å². The maximum absolute atomic E-state index is 12.2. The highest BCUT2D eigenvalue weighted by Crippen LogP contribution is 2.32. The molecule has 2 aliphatic rings. The maximum Gasteiger partial charge on any atom is 0.254 e. The van der Waals surface area contributed by atoms with E-state index < -0.39 is 5.60 Å². The summed E-state index contributed by atoms with van der Waals surface area (Å²) in [7, 11) is 0. The molecule has 1 amide bonds. The van der Waals surface area contributed by atoms with Crippen molar-refractivity contribution in [2.75, 3.05) is 26.3 Å². The van der Waals surface area contributed by atoms with Crippen LogP contribution in [-0.2, 0) is 0 Å². The highest BCUT2D eigenvalue weighted by atomic mass is 16.6. The highest BCUT2D eigenvalue weighted by Gasteiger charge is 2.42. The molecule has 102 valence electrons. The van der Waals surface area contributed by atoms with E-state index in [9.17, 15) is 9.90 Å². The van der Waals surface area contributed by atoms with Crippen LogP contribution in [0.2, 0.25) is 0 Å². The van der Waals surface area contributed by atoms with E-state index in [0.29, 0.717) is 49.8 Å². The number of fused-ring (bicyclic) bond motifs is 1. The first kappa shape index (κ1) is 12.3. The van der Waals surface area contributed by atoms with Crippen molar-refractivity contribution in [1.82, 2.24) is 4.90 Å². The molecule has 1 saturated heterocycles. The van der Waals surface area contributed by atoms with Gasteiger partial charge in [-0.1, -0.05) is 6.92 Å². The van der Waals surface area contributed by atoms with Gasteiger partial charge in [0, 0.05) is 5.56 Å². The number of likely N-dealkylation sites (tertiary alicyclic amines) is 1. The molecular weight excluding hydrogens is 246 g/mol. The zero-order valence-electron chi connectivity index (χ0n) is 10.9. The van der Waals surface area contributed by atoms with Gasteiger partial charge in [0.15, 0.2) is 11.5 Å². The molecule has 0 radical (unpaired) electrons. The third-order valence-electron chi connectivity index (χ3n) is 3.70. The lowest BCUT2D eigenvalue weighted by molar-refractivity contribution is -0.0826. The second-order valence-corrected chi connectivity index (χ2v) is 5.10. The number of carbonyl (C=O) groups excluding carboxylic acids is 1. The quantitative estimate of drug-likeness (QED) is 0.866. The predicted molar refractivity (Wildman–Crippen MR) is 68.6 cm³/mol. The van der Waals surface area contributed by atoms with E-state index in [1.807, 2.05) is 6.92 Å². The minimum atomic E-state index is -0.705. The number of aliphatic hydroxyl groups is 1. The van der Waals surface area contributed by atoms with Crippen LogP contribution < -0.4 is 9.47 Å². The van der Waals surface area contributed by atoms with Crippen molar-refractivity contribution in [2.45, 2.75) is 18.9 Å². The van der Waals surface area contributed by atoms with Crippen LogP contribution in [0.1, 0.15) is 23.7 Å².